The highest BCUT2D eigenvalue weighted by Gasteiger charge is 2.14. The van der Waals surface area contributed by atoms with Crippen LogP contribution in [0.15, 0.2) is 22.7 Å². The monoisotopic (exact) mass is 358 g/mol. The summed E-state index contributed by atoms with van der Waals surface area (Å²) in [6.07, 6.45) is 0.453. The second kappa shape index (κ2) is 6.32. The van der Waals surface area contributed by atoms with Gasteiger partial charge in [-0.05, 0) is 35.0 Å². The Bertz CT molecular complexity index is 611. The van der Waals surface area contributed by atoms with Gasteiger partial charge in [-0.1, -0.05) is 34.5 Å². The standard InChI is InChI=1S/C12H12BrClN4O2/c1-7(12(19)20)2-3-18-11(15-16-17-18)8-4-9(13)6-10(14)5-8/h4-7H,2-3H2,1H3,(H,19,20). The summed E-state index contributed by atoms with van der Waals surface area (Å²) in [6.45, 7) is 2.09. The number of rotatable bonds is 5. The van der Waals surface area contributed by atoms with E-state index in [1.165, 1.54) is 0 Å². The third kappa shape index (κ3) is 3.55. The summed E-state index contributed by atoms with van der Waals surface area (Å²) in [5.74, 6) is -0.714. The van der Waals surface area contributed by atoms with Crippen molar-refractivity contribution in [1.82, 2.24) is 20.2 Å². The molecule has 6 nitrogen and oxygen atoms in total. The fourth-order valence-corrected chi connectivity index (χ4v) is 2.54. The van der Waals surface area contributed by atoms with Gasteiger partial charge in [-0.2, -0.15) is 0 Å². The van der Waals surface area contributed by atoms with Gasteiger partial charge in [0.25, 0.3) is 0 Å². The lowest BCUT2D eigenvalue weighted by molar-refractivity contribution is -0.141. The molecule has 0 radical (unpaired) electrons. The van der Waals surface area contributed by atoms with Gasteiger partial charge in [-0.3, -0.25) is 4.79 Å². The molecule has 0 saturated carbocycles. The minimum atomic E-state index is -0.829. The molecule has 0 saturated heterocycles. The van der Waals surface area contributed by atoms with Gasteiger partial charge in [0, 0.05) is 21.6 Å². The van der Waals surface area contributed by atoms with Gasteiger partial charge in [0.05, 0.1) is 5.92 Å². The number of nitrogens with zero attached hydrogens (tertiary/aromatic N) is 4. The Hall–Kier alpha value is -1.47. The number of carboxylic acids is 1. The molecule has 1 aromatic heterocycles. The Labute approximate surface area is 128 Å². The molecule has 106 valence electrons. The van der Waals surface area contributed by atoms with Crippen LogP contribution in [0.3, 0.4) is 0 Å². The molecule has 0 spiro atoms. The van der Waals surface area contributed by atoms with Crippen molar-refractivity contribution in [2.75, 3.05) is 0 Å². The number of aromatic nitrogens is 4. The van der Waals surface area contributed by atoms with Crippen LogP contribution in [0.2, 0.25) is 5.02 Å². The second-order valence-corrected chi connectivity index (χ2v) is 5.76. The topological polar surface area (TPSA) is 80.9 Å². The molecule has 1 unspecified atom stereocenters. The van der Waals surface area contributed by atoms with Crippen molar-refractivity contribution in [3.63, 3.8) is 0 Å². The van der Waals surface area contributed by atoms with Gasteiger partial charge in [0.15, 0.2) is 5.82 Å². The lowest BCUT2D eigenvalue weighted by atomic mass is 10.1. The van der Waals surface area contributed by atoms with Crippen LogP contribution in [0.5, 0.6) is 0 Å². The van der Waals surface area contributed by atoms with Crippen molar-refractivity contribution in [3.05, 3.63) is 27.7 Å². The average molecular weight is 360 g/mol. The molecule has 0 aliphatic rings. The largest absolute Gasteiger partial charge is 0.481 e. The predicted octanol–water partition coefficient (Wildman–Crippen LogP) is 2.87. The highest BCUT2D eigenvalue weighted by atomic mass is 79.9. The maximum Gasteiger partial charge on any atom is 0.306 e. The fraction of sp³-hybridized carbons (Fsp3) is 0.333. The van der Waals surface area contributed by atoms with Crippen molar-refractivity contribution in [2.24, 2.45) is 5.92 Å². The number of tetrazole rings is 1. The minimum absolute atomic E-state index is 0.430. The average Bonchev–Trinajstić information content (AvgIpc) is 2.82. The first-order chi connectivity index (χ1) is 9.47. The van der Waals surface area contributed by atoms with Gasteiger partial charge < -0.3 is 5.11 Å². The quantitative estimate of drug-likeness (QED) is 0.888. The molecule has 1 N–H and O–H groups in total. The molecule has 0 bridgehead atoms. The number of carbonyl (C=O) groups is 1. The first-order valence-corrected chi connectivity index (χ1v) is 7.10. The Morgan fingerprint density at radius 2 is 2.25 bits per heavy atom. The Morgan fingerprint density at radius 1 is 1.50 bits per heavy atom. The van der Waals surface area contributed by atoms with Crippen LogP contribution >= 0.6 is 27.5 Å². The van der Waals surface area contributed by atoms with Gasteiger partial charge >= 0.3 is 5.97 Å². The zero-order chi connectivity index (χ0) is 14.7. The first kappa shape index (κ1) is 14.9. The zero-order valence-electron chi connectivity index (χ0n) is 10.6. The summed E-state index contributed by atoms with van der Waals surface area (Å²) in [6, 6.07) is 5.38. The second-order valence-electron chi connectivity index (χ2n) is 4.41. The van der Waals surface area contributed by atoms with E-state index < -0.39 is 11.9 Å². The molecular formula is C12H12BrClN4O2. The molecule has 0 fully saturated rings. The molecular weight excluding hydrogens is 348 g/mol. The van der Waals surface area contributed by atoms with Crippen LogP contribution in [-0.2, 0) is 11.3 Å². The number of aryl methyl sites for hydroxylation is 1. The van der Waals surface area contributed by atoms with E-state index in [2.05, 4.69) is 31.5 Å². The van der Waals surface area contributed by atoms with E-state index in [4.69, 9.17) is 16.7 Å². The molecule has 8 heteroatoms. The van der Waals surface area contributed by atoms with E-state index in [1.807, 2.05) is 6.07 Å². The maximum atomic E-state index is 10.8. The summed E-state index contributed by atoms with van der Waals surface area (Å²) in [4.78, 5) is 10.8. The van der Waals surface area contributed by atoms with Crippen LogP contribution in [0.4, 0.5) is 0 Å². The van der Waals surface area contributed by atoms with Crippen molar-refractivity contribution in [1.29, 1.82) is 0 Å². The Balaban J connectivity index is 2.22. The predicted molar refractivity (Wildman–Crippen MR) is 77.4 cm³/mol. The molecule has 2 aromatic rings. The minimum Gasteiger partial charge on any atom is -0.481 e. The van der Waals surface area contributed by atoms with Gasteiger partial charge in [0.1, 0.15) is 0 Å². The van der Waals surface area contributed by atoms with Crippen LogP contribution in [0, 0.1) is 5.92 Å². The van der Waals surface area contributed by atoms with E-state index in [-0.39, 0.29) is 0 Å². The summed E-state index contributed by atoms with van der Waals surface area (Å²) in [7, 11) is 0. The van der Waals surface area contributed by atoms with Crippen molar-refractivity contribution in [2.45, 2.75) is 19.9 Å². The third-order valence-electron chi connectivity index (χ3n) is 2.85. The molecule has 2 rings (SSSR count). The highest BCUT2D eigenvalue weighted by molar-refractivity contribution is 9.10. The first-order valence-electron chi connectivity index (χ1n) is 5.93. The van der Waals surface area contributed by atoms with E-state index in [9.17, 15) is 4.79 Å². The molecule has 0 amide bonds. The number of halogens is 2. The van der Waals surface area contributed by atoms with Gasteiger partial charge in [-0.25, -0.2) is 4.68 Å². The molecule has 0 aliphatic carbocycles. The van der Waals surface area contributed by atoms with Crippen molar-refractivity contribution < 1.29 is 9.90 Å². The van der Waals surface area contributed by atoms with Crippen LogP contribution in [0.25, 0.3) is 11.4 Å². The number of hydrogen-bond donors (Lipinski definition) is 1. The SMILES string of the molecule is CC(CCn1nnnc1-c1cc(Cl)cc(Br)c1)C(=O)O. The van der Waals surface area contributed by atoms with Crippen LogP contribution in [-0.4, -0.2) is 31.3 Å². The molecule has 1 aromatic carbocycles. The molecule has 0 aliphatic heterocycles. The van der Waals surface area contributed by atoms with Gasteiger partial charge in [0.2, 0.25) is 0 Å². The third-order valence-corrected chi connectivity index (χ3v) is 3.52. The summed E-state index contributed by atoms with van der Waals surface area (Å²) in [5.41, 5.74) is 0.775. The molecule has 1 heterocycles. The smallest absolute Gasteiger partial charge is 0.306 e. The lowest BCUT2D eigenvalue weighted by Crippen LogP contribution is -2.14. The zero-order valence-corrected chi connectivity index (χ0v) is 13.0. The van der Waals surface area contributed by atoms with Crippen molar-refractivity contribution in [3.8, 4) is 11.4 Å². The Kier molecular flexibility index (Phi) is 4.72. The Morgan fingerprint density at radius 3 is 2.90 bits per heavy atom. The summed E-state index contributed by atoms with van der Waals surface area (Å²) < 4.78 is 2.41. The molecule has 20 heavy (non-hydrogen) atoms. The van der Waals surface area contributed by atoms with E-state index in [0.29, 0.717) is 23.8 Å². The fourth-order valence-electron chi connectivity index (χ4n) is 1.68. The summed E-state index contributed by atoms with van der Waals surface area (Å²) in [5, 5.41) is 20.9. The van der Waals surface area contributed by atoms with Crippen molar-refractivity contribution >= 4 is 33.5 Å². The normalized spacial score (nSPS) is 12.3. The number of benzene rings is 1. The lowest BCUT2D eigenvalue weighted by Gasteiger charge is -2.08. The maximum absolute atomic E-state index is 10.8. The number of hydrogen-bond acceptors (Lipinski definition) is 4. The highest BCUT2D eigenvalue weighted by Crippen LogP contribution is 2.26. The van der Waals surface area contributed by atoms with Crippen LogP contribution < -0.4 is 0 Å². The van der Waals surface area contributed by atoms with E-state index >= 15 is 0 Å². The van der Waals surface area contributed by atoms with E-state index in [1.54, 1.807) is 23.7 Å². The number of aliphatic carboxylic acids is 1. The number of carboxylic acid groups (broad SMARTS) is 1. The molecule has 1 atom stereocenters. The van der Waals surface area contributed by atoms with Gasteiger partial charge in [-0.15, -0.1) is 5.10 Å². The summed E-state index contributed by atoms with van der Waals surface area (Å²) >= 11 is 9.37. The van der Waals surface area contributed by atoms with E-state index in [0.717, 1.165) is 10.0 Å². The van der Waals surface area contributed by atoms with Crippen LogP contribution in [0.1, 0.15) is 13.3 Å².